The van der Waals surface area contributed by atoms with Crippen LogP contribution in [0.1, 0.15) is 29.6 Å². The van der Waals surface area contributed by atoms with Gasteiger partial charge in [0.1, 0.15) is 5.56 Å². The SMILES string of the molecule is O=C(c1cnc2n(c1=O)CCS2)N1CCO[C@H]2CCC[C@@H]21. The van der Waals surface area contributed by atoms with E-state index in [1.165, 1.54) is 6.20 Å². The number of amides is 1. The summed E-state index contributed by atoms with van der Waals surface area (Å²) in [6, 6.07) is 0.123. The minimum atomic E-state index is -0.198. The van der Waals surface area contributed by atoms with Gasteiger partial charge in [0.2, 0.25) is 0 Å². The van der Waals surface area contributed by atoms with Crippen molar-refractivity contribution in [1.82, 2.24) is 14.5 Å². The number of thioether (sulfide) groups is 1. The number of carbonyl (C=O) groups is 1. The molecule has 1 aromatic heterocycles. The van der Waals surface area contributed by atoms with Gasteiger partial charge < -0.3 is 9.64 Å². The van der Waals surface area contributed by atoms with Gasteiger partial charge in [-0.05, 0) is 19.3 Å². The van der Waals surface area contributed by atoms with Crippen molar-refractivity contribution in [2.75, 3.05) is 18.9 Å². The van der Waals surface area contributed by atoms with E-state index in [-0.39, 0.29) is 29.2 Å². The van der Waals surface area contributed by atoms with E-state index in [2.05, 4.69) is 4.98 Å². The lowest BCUT2D eigenvalue weighted by Gasteiger charge is -2.37. The molecule has 3 heterocycles. The first-order valence-electron chi connectivity index (χ1n) is 7.41. The first kappa shape index (κ1) is 13.3. The summed E-state index contributed by atoms with van der Waals surface area (Å²) in [6.45, 7) is 1.76. The molecule has 21 heavy (non-hydrogen) atoms. The summed E-state index contributed by atoms with van der Waals surface area (Å²) in [5.74, 6) is 0.669. The highest BCUT2D eigenvalue weighted by Gasteiger charge is 2.39. The molecule has 1 amide bonds. The predicted octanol–water partition coefficient (Wildman–Crippen LogP) is 0.742. The summed E-state index contributed by atoms with van der Waals surface area (Å²) in [5.41, 5.74) is 0.00448. The minimum Gasteiger partial charge on any atom is -0.374 e. The third kappa shape index (κ3) is 2.10. The van der Waals surface area contributed by atoms with Crippen molar-refractivity contribution in [3.05, 3.63) is 22.1 Å². The molecule has 0 spiro atoms. The summed E-state index contributed by atoms with van der Waals surface area (Å²) in [5, 5.41) is 0.720. The van der Waals surface area contributed by atoms with E-state index in [4.69, 9.17) is 4.74 Å². The Kier molecular flexibility index (Phi) is 3.26. The molecule has 1 aromatic rings. The minimum absolute atomic E-state index is 0.123. The van der Waals surface area contributed by atoms with Crippen LogP contribution in [-0.4, -0.2) is 51.4 Å². The number of fused-ring (bicyclic) bond motifs is 2. The first-order chi connectivity index (χ1) is 10.3. The summed E-state index contributed by atoms with van der Waals surface area (Å²) in [4.78, 5) is 31.3. The maximum absolute atomic E-state index is 12.8. The molecule has 1 aliphatic carbocycles. The Morgan fingerprint density at radius 3 is 3.19 bits per heavy atom. The van der Waals surface area contributed by atoms with E-state index >= 15 is 0 Å². The molecule has 1 saturated carbocycles. The van der Waals surface area contributed by atoms with E-state index in [0.29, 0.717) is 19.7 Å². The van der Waals surface area contributed by atoms with E-state index < -0.39 is 0 Å². The van der Waals surface area contributed by atoms with Crippen LogP contribution < -0.4 is 5.56 Å². The molecule has 1 saturated heterocycles. The second kappa shape index (κ2) is 5.14. The van der Waals surface area contributed by atoms with Gasteiger partial charge in [-0.1, -0.05) is 11.8 Å². The molecule has 0 bridgehead atoms. The van der Waals surface area contributed by atoms with Crippen LogP contribution in [-0.2, 0) is 11.3 Å². The maximum atomic E-state index is 12.8. The Labute approximate surface area is 126 Å². The standard InChI is InChI=1S/C14H17N3O3S/c18-12(16-4-6-20-11-3-1-2-10(11)16)9-8-15-14-17(13(9)19)5-7-21-14/h8,10-11H,1-7H2/t10-,11-/m0/s1. The zero-order valence-electron chi connectivity index (χ0n) is 11.7. The van der Waals surface area contributed by atoms with Gasteiger partial charge in [0.25, 0.3) is 11.5 Å². The Balaban J connectivity index is 1.67. The summed E-state index contributed by atoms with van der Waals surface area (Å²) in [7, 11) is 0. The fourth-order valence-electron chi connectivity index (χ4n) is 3.50. The number of carbonyl (C=O) groups excluding carboxylic acids is 1. The van der Waals surface area contributed by atoms with Crippen molar-refractivity contribution in [2.24, 2.45) is 0 Å². The first-order valence-corrected chi connectivity index (χ1v) is 8.39. The van der Waals surface area contributed by atoms with Crippen molar-refractivity contribution < 1.29 is 9.53 Å². The van der Waals surface area contributed by atoms with Crippen LogP contribution in [0.5, 0.6) is 0 Å². The molecule has 2 aliphatic heterocycles. The molecule has 0 unspecified atom stereocenters. The lowest BCUT2D eigenvalue weighted by Crippen LogP contribution is -2.52. The van der Waals surface area contributed by atoms with Gasteiger partial charge in [-0.25, -0.2) is 4.98 Å². The molecule has 4 rings (SSSR count). The van der Waals surface area contributed by atoms with Crippen LogP contribution in [0.15, 0.2) is 16.1 Å². The highest BCUT2D eigenvalue weighted by Crippen LogP contribution is 2.30. The Morgan fingerprint density at radius 1 is 1.38 bits per heavy atom. The molecule has 2 fully saturated rings. The predicted molar refractivity (Wildman–Crippen MR) is 77.6 cm³/mol. The summed E-state index contributed by atoms with van der Waals surface area (Å²) in [6.07, 6.45) is 4.65. The highest BCUT2D eigenvalue weighted by atomic mass is 32.2. The van der Waals surface area contributed by atoms with Crippen molar-refractivity contribution in [1.29, 1.82) is 0 Å². The molecule has 7 heteroatoms. The monoisotopic (exact) mass is 307 g/mol. The molecule has 2 atom stereocenters. The van der Waals surface area contributed by atoms with Crippen molar-refractivity contribution in [2.45, 2.75) is 43.1 Å². The average Bonchev–Trinajstić information content (AvgIpc) is 3.15. The quantitative estimate of drug-likeness (QED) is 0.716. The lowest BCUT2D eigenvalue weighted by atomic mass is 10.1. The summed E-state index contributed by atoms with van der Waals surface area (Å²) >= 11 is 1.56. The van der Waals surface area contributed by atoms with E-state index in [9.17, 15) is 9.59 Å². The number of aromatic nitrogens is 2. The fraction of sp³-hybridized carbons (Fsp3) is 0.643. The van der Waals surface area contributed by atoms with Crippen LogP contribution in [0, 0.1) is 0 Å². The Bertz CT molecular complexity index is 645. The third-order valence-electron chi connectivity index (χ3n) is 4.53. The van der Waals surface area contributed by atoms with Gasteiger partial charge in [0.05, 0.1) is 18.8 Å². The smallest absolute Gasteiger partial charge is 0.267 e. The molecular weight excluding hydrogens is 290 g/mol. The molecule has 0 radical (unpaired) electrons. The molecule has 3 aliphatic rings. The second-order valence-electron chi connectivity index (χ2n) is 5.67. The van der Waals surface area contributed by atoms with Gasteiger partial charge in [0, 0.05) is 25.0 Å². The third-order valence-corrected chi connectivity index (χ3v) is 5.50. The molecule has 0 aromatic carbocycles. The van der Waals surface area contributed by atoms with Crippen LogP contribution >= 0.6 is 11.8 Å². The molecule has 0 N–H and O–H groups in total. The van der Waals surface area contributed by atoms with Crippen LogP contribution in [0.25, 0.3) is 0 Å². The van der Waals surface area contributed by atoms with Gasteiger partial charge in [-0.3, -0.25) is 14.2 Å². The Hall–Kier alpha value is -1.34. The van der Waals surface area contributed by atoms with Crippen molar-refractivity contribution in [3.8, 4) is 0 Å². The van der Waals surface area contributed by atoms with Gasteiger partial charge in [-0.2, -0.15) is 0 Å². The van der Waals surface area contributed by atoms with Gasteiger partial charge >= 0.3 is 0 Å². The van der Waals surface area contributed by atoms with E-state index in [1.807, 2.05) is 4.90 Å². The average molecular weight is 307 g/mol. The van der Waals surface area contributed by atoms with E-state index in [1.54, 1.807) is 16.3 Å². The molecule has 6 nitrogen and oxygen atoms in total. The van der Waals surface area contributed by atoms with Crippen LogP contribution in [0.3, 0.4) is 0 Å². The highest BCUT2D eigenvalue weighted by molar-refractivity contribution is 7.99. The number of rotatable bonds is 1. The number of ether oxygens (including phenoxy) is 1. The zero-order valence-corrected chi connectivity index (χ0v) is 12.5. The number of hydrogen-bond acceptors (Lipinski definition) is 5. The van der Waals surface area contributed by atoms with Crippen molar-refractivity contribution in [3.63, 3.8) is 0 Å². The van der Waals surface area contributed by atoms with Crippen LogP contribution in [0.2, 0.25) is 0 Å². The topological polar surface area (TPSA) is 64.4 Å². The number of morpholine rings is 1. The number of nitrogens with zero attached hydrogens (tertiary/aromatic N) is 3. The second-order valence-corrected chi connectivity index (χ2v) is 6.73. The van der Waals surface area contributed by atoms with Gasteiger partial charge in [-0.15, -0.1) is 0 Å². The van der Waals surface area contributed by atoms with E-state index in [0.717, 1.165) is 30.2 Å². The molecule has 112 valence electrons. The molecular formula is C14H17N3O3S. The lowest BCUT2D eigenvalue weighted by molar-refractivity contribution is -0.0446. The number of hydrogen-bond donors (Lipinski definition) is 0. The van der Waals surface area contributed by atoms with Crippen LogP contribution in [0.4, 0.5) is 0 Å². The van der Waals surface area contributed by atoms with Crippen molar-refractivity contribution >= 4 is 17.7 Å². The summed E-state index contributed by atoms with van der Waals surface area (Å²) < 4.78 is 7.34. The maximum Gasteiger partial charge on any atom is 0.267 e. The normalized spacial score (nSPS) is 27.5. The van der Waals surface area contributed by atoms with Gasteiger partial charge in [0.15, 0.2) is 5.16 Å². The Morgan fingerprint density at radius 2 is 2.29 bits per heavy atom. The fourth-order valence-corrected chi connectivity index (χ4v) is 4.41. The zero-order chi connectivity index (χ0) is 14.4. The largest absolute Gasteiger partial charge is 0.374 e.